The highest BCUT2D eigenvalue weighted by Gasteiger charge is 1.95. The second-order valence-corrected chi connectivity index (χ2v) is 3.90. The number of hydrogen-bond donors (Lipinski definition) is 1. The van der Waals surface area contributed by atoms with E-state index in [2.05, 4.69) is 0 Å². The van der Waals surface area contributed by atoms with Crippen molar-refractivity contribution in [2.24, 2.45) is 0 Å². The van der Waals surface area contributed by atoms with Crippen LogP contribution in [0.4, 0.5) is 0 Å². The minimum absolute atomic E-state index is 0.186. The summed E-state index contributed by atoms with van der Waals surface area (Å²) in [6.45, 7) is 0.186. The monoisotopic (exact) mass is 240 g/mol. The van der Waals surface area contributed by atoms with Crippen LogP contribution in [0.25, 0.3) is 6.08 Å². The Hall–Kier alpha value is -2.06. The third-order valence-corrected chi connectivity index (χ3v) is 2.47. The molecule has 18 heavy (non-hydrogen) atoms. The van der Waals surface area contributed by atoms with Crippen LogP contribution < -0.4 is 4.74 Å². The normalized spacial score (nSPS) is 10.7. The van der Waals surface area contributed by atoms with Crippen LogP contribution in [0.2, 0.25) is 0 Å². The molecule has 0 radical (unpaired) electrons. The first-order valence-corrected chi connectivity index (χ1v) is 5.99. The van der Waals surface area contributed by atoms with Crippen molar-refractivity contribution >= 4 is 6.08 Å². The third kappa shape index (κ3) is 3.75. The number of para-hydroxylation sites is 1. The maximum atomic E-state index is 8.68. The second-order valence-electron chi connectivity index (χ2n) is 3.90. The molecule has 92 valence electrons. The van der Waals surface area contributed by atoms with Gasteiger partial charge in [0.2, 0.25) is 0 Å². The Balaban J connectivity index is 2.00. The fourth-order valence-electron chi connectivity index (χ4n) is 1.57. The number of aliphatic hydroxyl groups excluding tert-OH is 1. The Labute approximate surface area is 107 Å². The van der Waals surface area contributed by atoms with E-state index in [0.717, 1.165) is 17.1 Å². The molecule has 0 amide bonds. The van der Waals surface area contributed by atoms with Gasteiger partial charge in [0, 0.05) is 6.61 Å². The fourth-order valence-corrected chi connectivity index (χ4v) is 1.57. The Bertz CT molecular complexity index is 486. The zero-order valence-corrected chi connectivity index (χ0v) is 10.1. The Kier molecular flexibility index (Phi) is 4.56. The number of aliphatic hydroxyl groups is 1. The van der Waals surface area contributed by atoms with E-state index >= 15 is 0 Å². The average molecular weight is 240 g/mol. The smallest absolute Gasteiger partial charge is 0.127 e. The molecule has 0 spiro atoms. The molecule has 0 unspecified atom stereocenters. The molecular weight excluding hydrogens is 224 g/mol. The summed E-state index contributed by atoms with van der Waals surface area (Å²) in [5.41, 5.74) is 1.10. The quantitative estimate of drug-likeness (QED) is 0.859. The first-order chi connectivity index (χ1) is 8.88. The van der Waals surface area contributed by atoms with Gasteiger partial charge in [-0.2, -0.15) is 0 Å². The minimum Gasteiger partial charge on any atom is -0.457 e. The maximum Gasteiger partial charge on any atom is 0.127 e. The minimum atomic E-state index is 0.186. The lowest BCUT2D eigenvalue weighted by Gasteiger charge is -2.05. The van der Waals surface area contributed by atoms with Crippen molar-refractivity contribution < 1.29 is 9.84 Å². The lowest BCUT2D eigenvalue weighted by atomic mass is 10.2. The van der Waals surface area contributed by atoms with Crippen molar-refractivity contribution in [3.8, 4) is 11.5 Å². The summed E-state index contributed by atoms with van der Waals surface area (Å²) in [6, 6.07) is 17.6. The van der Waals surface area contributed by atoms with Crippen molar-refractivity contribution in [1.29, 1.82) is 0 Å². The van der Waals surface area contributed by atoms with E-state index in [4.69, 9.17) is 9.84 Å². The van der Waals surface area contributed by atoms with Gasteiger partial charge in [-0.15, -0.1) is 0 Å². The summed E-state index contributed by atoms with van der Waals surface area (Å²) in [4.78, 5) is 0. The molecule has 1 N–H and O–H groups in total. The fraction of sp³-hybridized carbons (Fsp3) is 0.125. The van der Waals surface area contributed by atoms with Crippen LogP contribution >= 0.6 is 0 Å². The largest absolute Gasteiger partial charge is 0.457 e. The molecule has 0 fully saturated rings. The first kappa shape index (κ1) is 12.4. The highest BCUT2D eigenvalue weighted by atomic mass is 16.5. The SMILES string of the molecule is OCCC=Cc1ccc(Oc2ccccc2)cc1. The van der Waals surface area contributed by atoms with Gasteiger partial charge in [0.1, 0.15) is 11.5 Å². The lowest BCUT2D eigenvalue weighted by Crippen LogP contribution is -1.83. The molecule has 0 aliphatic rings. The maximum absolute atomic E-state index is 8.68. The molecule has 0 atom stereocenters. The number of ether oxygens (including phenoxy) is 1. The molecule has 0 saturated carbocycles. The predicted molar refractivity (Wildman–Crippen MR) is 73.7 cm³/mol. The predicted octanol–water partition coefficient (Wildman–Crippen LogP) is 3.87. The van der Waals surface area contributed by atoms with E-state index in [0.29, 0.717) is 6.42 Å². The summed E-state index contributed by atoms with van der Waals surface area (Å²) < 4.78 is 5.69. The summed E-state index contributed by atoms with van der Waals surface area (Å²) in [5, 5.41) is 8.68. The molecule has 0 aliphatic carbocycles. The van der Waals surface area contributed by atoms with Crippen molar-refractivity contribution in [3.05, 3.63) is 66.2 Å². The van der Waals surface area contributed by atoms with Crippen LogP contribution in [0.15, 0.2) is 60.7 Å². The van der Waals surface area contributed by atoms with Gasteiger partial charge in [0.25, 0.3) is 0 Å². The Morgan fingerprint density at radius 3 is 2.22 bits per heavy atom. The van der Waals surface area contributed by atoms with Crippen molar-refractivity contribution in [2.75, 3.05) is 6.61 Å². The Morgan fingerprint density at radius 1 is 0.889 bits per heavy atom. The summed E-state index contributed by atoms with van der Waals surface area (Å²) in [5.74, 6) is 1.65. The van der Waals surface area contributed by atoms with E-state index in [1.165, 1.54) is 0 Å². The topological polar surface area (TPSA) is 29.5 Å². The molecule has 0 saturated heterocycles. The third-order valence-electron chi connectivity index (χ3n) is 2.47. The molecular formula is C16H16O2. The number of benzene rings is 2. The van der Waals surface area contributed by atoms with E-state index in [1.807, 2.05) is 66.7 Å². The van der Waals surface area contributed by atoms with Gasteiger partial charge in [-0.25, -0.2) is 0 Å². The van der Waals surface area contributed by atoms with Gasteiger partial charge in [0.15, 0.2) is 0 Å². The van der Waals surface area contributed by atoms with Gasteiger partial charge in [-0.1, -0.05) is 42.5 Å². The van der Waals surface area contributed by atoms with Gasteiger partial charge >= 0.3 is 0 Å². The average Bonchev–Trinajstić information content (AvgIpc) is 2.42. The molecule has 0 bridgehead atoms. The zero-order valence-electron chi connectivity index (χ0n) is 10.1. The number of rotatable bonds is 5. The molecule has 0 aromatic heterocycles. The highest BCUT2D eigenvalue weighted by Crippen LogP contribution is 2.21. The van der Waals surface area contributed by atoms with Crippen molar-refractivity contribution in [1.82, 2.24) is 0 Å². The first-order valence-electron chi connectivity index (χ1n) is 5.99. The number of hydrogen-bond acceptors (Lipinski definition) is 2. The zero-order chi connectivity index (χ0) is 12.6. The standard InChI is InChI=1S/C16H16O2/c17-13-5-4-6-14-9-11-16(12-10-14)18-15-7-2-1-3-8-15/h1-4,6-12,17H,5,13H2. The van der Waals surface area contributed by atoms with Crippen LogP contribution in [-0.2, 0) is 0 Å². The van der Waals surface area contributed by atoms with Crippen LogP contribution in [0, 0.1) is 0 Å². The molecule has 2 aromatic carbocycles. The Morgan fingerprint density at radius 2 is 1.56 bits per heavy atom. The van der Waals surface area contributed by atoms with Gasteiger partial charge < -0.3 is 9.84 Å². The second kappa shape index (κ2) is 6.62. The van der Waals surface area contributed by atoms with Gasteiger partial charge in [-0.3, -0.25) is 0 Å². The molecule has 0 aliphatic heterocycles. The van der Waals surface area contributed by atoms with Gasteiger partial charge in [-0.05, 0) is 36.2 Å². The van der Waals surface area contributed by atoms with Crippen LogP contribution in [0.3, 0.4) is 0 Å². The van der Waals surface area contributed by atoms with Crippen LogP contribution in [0.5, 0.6) is 11.5 Å². The summed E-state index contributed by atoms with van der Waals surface area (Å²) in [7, 11) is 0. The van der Waals surface area contributed by atoms with Crippen LogP contribution in [-0.4, -0.2) is 11.7 Å². The lowest BCUT2D eigenvalue weighted by molar-refractivity contribution is 0.303. The summed E-state index contributed by atoms with van der Waals surface area (Å²) >= 11 is 0. The molecule has 0 heterocycles. The van der Waals surface area contributed by atoms with E-state index in [9.17, 15) is 0 Å². The van der Waals surface area contributed by atoms with Crippen LogP contribution in [0.1, 0.15) is 12.0 Å². The summed E-state index contributed by atoms with van der Waals surface area (Å²) in [6.07, 6.45) is 4.62. The molecule has 2 heteroatoms. The highest BCUT2D eigenvalue weighted by molar-refractivity contribution is 5.50. The molecule has 2 aromatic rings. The molecule has 2 rings (SSSR count). The van der Waals surface area contributed by atoms with Crippen molar-refractivity contribution in [3.63, 3.8) is 0 Å². The van der Waals surface area contributed by atoms with Crippen molar-refractivity contribution in [2.45, 2.75) is 6.42 Å². The van der Waals surface area contributed by atoms with E-state index in [1.54, 1.807) is 0 Å². The molecule has 2 nitrogen and oxygen atoms in total. The van der Waals surface area contributed by atoms with Gasteiger partial charge in [0.05, 0.1) is 0 Å². The van der Waals surface area contributed by atoms with E-state index in [-0.39, 0.29) is 6.61 Å². The van der Waals surface area contributed by atoms with E-state index < -0.39 is 0 Å².